The van der Waals surface area contributed by atoms with E-state index in [1.54, 1.807) is 48.5 Å². The standard InChI is InChI=1S/C20H23ClN6O4/c21-16-8-6-15(7-9-16)12-27(25-18(29)10-22)20(31)26(13-17(23)28)19(30)24-11-14-4-2-1-3-5-14/h1-9H,10-13,22H2,(H2,23,28)(H,24,30)(H,25,29). The molecular weight excluding hydrogens is 424 g/mol. The Morgan fingerprint density at radius 3 is 2.16 bits per heavy atom. The first-order valence-corrected chi connectivity index (χ1v) is 9.61. The van der Waals surface area contributed by atoms with Crippen molar-refractivity contribution in [2.45, 2.75) is 13.1 Å². The number of benzene rings is 2. The second-order valence-electron chi connectivity index (χ2n) is 6.43. The topological polar surface area (TPSA) is 151 Å². The molecule has 164 valence electrons. The van der Waals surface area contributed by atoms with Gasteiger partial charge < -0.3 is 16.8 Å². The minimum atomic E-state index is -0.957. The lowest BCUT2D eigenvalue weighted by Crippen LogP contribution is -2.57. The molecule has 0 aliphatic carbocycles. The van der Waals surface area contributed by atoms with Crippen molar-refractivity contribution in [3.05, 3.63) is 70.7 Å². The van der Waals surface area contributed by atoms with Crippen molar-refractivity contribution < 1.29 is 19.2 Å². The van der Waals surface area contributed by atoms with E-state index in [1.807, 2.05) is 6.07 Å². The fourth-order valence-corrected chi connectivity index (χ4v) is 2.65. The van der Waals surface area contributed by atoms with Crippen LogP contribution in [0.3, 0.4) is 0 Å². The Bertz CT molecular complexity index is 923. The van der Waals surface area contributed by atoms with Gasteiger partial charge in [0.1, 0.15) is 6.54 Å². The second kappa shape index (κ2) is 11.5. The Hall–Kier alpha value is -3.63. The van der Waals surface area contributed by atoms with Crippen LogP contribution in [0.15, 0.2) is 54.6 Å². The molecular formula is C20H23ClN6O4. The monoisotopic (exact) mass is 446 g/mol. The van der Waals surface area contributed by atoms with E-state index in [4.69, 9.17) is 23.1 Å². The van der Waals surface area contributed by atoms with E-state index in [9.17, 15) is 19.2 Å². The lowest BCUT2D eigenvalue weighted by atomic mass is 10.2. The van der Waals surface area contributed by atoms with Crippen molar-refractivity contribution >= 4 is 35.5 Å². The summed E-state index contributed by atoms with van der Waals surface area (Å²) in [5.41, 5.74) is 14.3. The molecule has 0 radical (unpaired) electrons. The summed E-state index contributed by atoms with van der Waals surface area (Å²) in [7, 11) is 0. The molecule has 0 aliphatic rings. The largest absolute Gasteiger partial charge is 0.368 e. The van der Waals surface area contributed by atoms with E-state index in [0.29, 0.717) is 15.5 Å². The number of rotatable bonds is 7. The van der Waals surface area contributed by atoms with Crippen molar-refractivity contribution in [2.24, 2.45) is 11.5 Å². The number of hydrogen-bond acceptors (Lipinski definition) is 5. The smallest absolute Gasteiger partial charge is 0.347 e. The molecule has 0 spiro atoms. The minimum absolute atomic E-state index is 0.108. The van der Waals surface area contributed by atoms with Gasteiger partial charge in [-0.05, 0) is 23.3 Å². The maximum atomic E-state index is 13.1. The van der Waals surface area contributed by atoms with Crippen LogP contribution >= 0.6 is 11.6 Å². The normalized spacial score (nSPS) is 10.1. The van der Waals surface area contributed by atoms with E-state index in [2.05, 4.69) is 10.7 Å². The Kier molecular flexibility index (Phi) is 8.79. The molecule has 2 aromatic rings. The summed E-state index contributed by atoms with van der Waals surface area (Å²) in [5.74, 6) is -1.56. The summed E-state index contributed by atoms with van der Waals surface area (Å²) < 4.78 is 0. The summed E-state index contributed by atoms with van der Waals surface area (Å²) in [4.78, 5) is 49.7. The van der Waals surface area contributed by atoms with Crippen LogP contribution in [0.5, 0.6) is 0 Å². The molecule has 2 rings (SSSR count). The third kappa shape index (κ3) is 7.61. The molecule has 0 heterocycles. The van der Waals surface area contributed by atoms with Crippen LogP contribution in [0.4, 0.5) is 9.59 Å². The van der Waals surface area contributed by atoms with Crippen LogP contribution in [0.2, 0.25) is 5.02 Å². The number of amides is 6. The molecule has 31 heavy (non-hydrogen) atoms. The molecule has 0 aromatic heterocycles. The molecule has 0 saturated carbocycles. The molecule has 6 N–H and O–H groups in total. The van der Waals surface area contributed by atoms with Crippen molar-refractivity contribution in [1.82, 2.24) is 20.7 Å². The van der Waals surface area contributed by atoms with Gasteiger partial charge in [-0.2, -0.15) is 0 Å². The number of halogens is 1. The zero-order valence-corrected chi connectivity index (χ0v) is 17.3. The highest BCUT2D eigenvalue weighted by Crippen LogP contribution is 2.12. The van der Waals surface area contributed by atoms with E-state index < -0.39 is 30.4 Å². The number of urea groups is 2. The Morgan fingerprint density at radius 2 is 1.58 bits per heavy atom. The Labute approximate surface area is 184 Å². The molecule has 0 fully saturated rings. The van der Waals surface area contributed by atoms with Crippen molar-refractivity contribution in [3.8, 4) is 0 Å². The number of imide groups is 1. The fourth-order valence-electron chi connectivity index (χ4n) is 2.52. The maximum Gasteiger partial charge on any atom is 0.347 e. The predicted molar refractivity (Wildman–Crippen MR) is 114 cm³/mol. The minimum Gasteiger partial charge on any atom is -0.368 e. The summed E-state index contributed by atoms with van der Waals surface area (Å²) in [5, 5.41) is 3.92. The van der Waals surface area contributed by atoms with Gasteiger partial charge in [-0.3, -0.25) is 15.0 Å². The molecule has 11 heteroatoms. The van der Waals surface area contributed by atoms with Gasteiger partial charge in [-0.25, -0.2) is 19.5 Å². The summed E-state index contributed by atoms with van der Waals surface area (Å²) >= 11 is 5.87. The van der Waals surface area contributed by atoms with E-state index in [0.717, 1.165) is 10.6 Å². The first-order valence-electron chi connectivity index (χ1n) is 9.23. The van der Waals surface area contributed by atoms with Crippen LogP contribution in [0.25, 0.3) is 0 Å². The van der Waals surface area contributed by atoms with Gasteiger partial charge in [0.15, 0.2) is 0 Å². The van der Waals surface area contributed by atoms with Gasteiger partial charge in [0.05, 0.1) is 13.1 Å². The van der Waals surface area contributed by atoms with Crippen molar-refractivity contribution in [2.75, 3.05) is 13.1 Å². The van der Waals surface area contributed by atoms with Gasteiger partial charge in [0, 0.05) is 11.6 Å². The SMILES string of the molecule is NCC(=O)NN(Cc1ccc(Cl)cc1)C(=O)N(CC(N)=O)C(=O)NCc1ccccc1. The first kappa shape index (κ1) is 23.6. The zero-order chi connectivity index (χ0) is 22.8. The van der Waals surface area contributed by atoms with Gasteiger partial charge in [0.2, 0.25) is 5.91 Å². The maximum absolute atomic E-state index is 13.1. The van der Waals surface area contributed by atoms with Crippen LogP contribution < -0.4 is 22.2 Å². The number of hydrazine groups is 1. The van der Waals surface area contributed by atoms with Gasteiger partial charge in [-0.15, -0.1) is 0 Å². The third-order valence-corrected chi connectivity index (χ3v) is 4.26. The average molecular weight is 447 g/mol. The molecule has 0 saturated heterocycles. The quantitative estimate of drug-likeness (QED) is 0.467. The van der Waals surface area contributed by atoms with Crippen LogP contribution in [0.1, 0.15) is 11.1 Å². The third-order valence-electron chi connectivity index (χ3n) is 4.01. The number of hydrogen-bond donors (Lipinski definition) is 4. The first-order chi connectivity index (χ1) is 14.8. The summed E-state index contributed by atoms with van der Waals surface area (Å²) in [6.45, 7) is -1.06. The van der Waals surface area contributed by atoms with E-state index in [1.165, 1.54) is 0 Å². The second-order valence-corrected chi connectivity index (χ2v) is 6.87. The van der Waals surface area contributed by atoms with Crippen molar-refractivity contribution in [3.63, 3.8) is 0 Å². The van der Waals surface area contributed by atoms with Crippen molar-refractivity contribution in [1.29, 1.82) is 0 Å². The number of carbonyl (C=O) groups excluding carboxylic acids is 4. The Morgan fingerprint density at radius 1 is 0.935 bits per heavy atom. The van der Waals surface area contributed by atoms with Gasteiger partial charge in [0.25, 0.3) is 5.91 Å². The number of carbonyl (C=O) groups is 4. The number of nitrogens with zero attached hydrogens (tertiary/aromatic N) is 2. The van der Waals surface area contributed by atoms with E-state index >= 15 is 0 Å². The predicted octanol–water partition coefficient (Wildman–Crippen LogP) is 0.949. The lowest BCUT2D eigenvalue weighted by Gasteiger charge is -2.29. The highest BCUT2D eigenvalue weighted by Gasteiger charge is 2.29. The van der Waals surface area contributed by atoms with Gasteiger partial charge in [-0.1, -0.05) is 54.1 Å². The highest BCUT2D eigenvalue weighted by molar-refractivity contribution is 6.30. The molecule has 0 bridgehead atoms. The van der Waals surface area contributed by atoms with Crippen LogP contribution in [-0.4, -0.2) is 46.9 Å². The summed E-state index contributed by atoms with van der Waals surface area (Å²) in [6.07, 6.45) is 0. The molecule has 0 unspecified atom stereocenters. The molecule has 6 amide bonds. The molecule has 0 aliphatic heterocycles. The van der Waals surface area contributed by atoms with E-state index in [-0.39, 0.29) is 19.6 Å². The number of nitrogens with one attached hydrogen (secondary N) is 2. The fraction of sp³-hybridized carbons (Fsp3) is 0.200. The lowest BCUT2D eigenvalue weighted by molar-refractivity contribution is -0.123. The zero-order valence-electron chi connectivity index (χ0n) is 16.6. The highest BCUT2D eigenvalue weighted by atomic mass is 35.5. The molecule has 2 aromatic carbocycles. The molecule has 0 atom stereocenters. The number of nitrogens with two attached hydrogens (primary N) is 2. The van der Waals surface area contributed by atoms with Gasteiger partial charge >= 0.3 is 12.1 Å². The summed E-state index contributed by atoms with van der Waals surface area (Å²) in [6, 6.07) is 13.7. The van der Waals surface area contributed by atoms with Crippen LogP contribution in [-0.2, 0) is 22.7 Å². The Balaban J connectivity index is 2.20. The average Bonchev–Trinajstić information content (AvgIpc) is 2.76. The van der Waals surface area contributed by atoms with Crippen LogP contribution in [0, 0.1) is 0 Å². The number of primary amides is 1. The molecule has 10 nitrogen and oxygen atoms in total.